The van der Waals surface area contributed by atoms with E-state index in [0.29, 0.717) is 13.2 Å². The molecular formula is C26H50N4O4. The summed E-state index contributed by atoms with van der Waals surface area (Å²) < 4.78 is 10.9. The number of hydrogen-bond donors (Lipinski definition) is 2. The summed E-state index contributed by atoms with van der Waals surface area (Å²) in [5.41, 5.74) is 0. The summed E-state index contributed by atoms with van der Waals surface area (Å²) in [5.74, 6) is 2.99. The van der Waals surface area contributed by atoms with Gasteiger partial charge in [0.25, 0.3) is 0 Å². The van der Waals surface area contributed by atoms with Crippen LogP contribution in [0.4, 0.5) is 0 Å². The first-order valence-corrected chi connectivity index (χ1v) is 13.5. The molecule has 2 unspecified atom stereocenters. The van der Waals surface area contributed by atoms with Gasteiger partial charge in [-0.1, -0.05) is 13.8 Å². The third kappa shape index (κ3) is 10.6. The summed E-state index contributed by atoms with van der Waals surface area (Å²) in [6, 6.07) is 0. The van der Waals surface area contributed by atoms with Gasteiger partial charge < -0.3 is 29.9 Å². The molecule has 2 heterocycles. The standard InChI is InChI=1S/C26H50N4O4/c1-21-9-13-29(11-6-5-7-15-33-19-25(31)27-3)17-23(21)24-18-30(14-10-22(24)2)12-8-16-34-20-26(32)28-4/h21-24H,5-20H2,1-4H3,(H,27,31)(H,28,32)/t21-,22+,23?,24?/m0/s1. The second kappa shape index (κ2) is 16.5. The summed E-state index contributed by atoms with van der Waals surface area (Å²) >= 11 is 0. The quantitative estimate of drug-likeness (QED) is 0.348. The van der Waals surface area contributed by atoms with E-state index in [2.05, 4.69) is 34.3 Å². The average molecular weight is 483 g/mol. The Balaban J connectivity index is 1.68. The van der Waals surface area contributed by atoms with Gasteiger partial charge in [0.1, 0.15) is 13.2 Å². The van der Waals surface area contributed by atoms with Crippen LogP contribution in [0.5, 0.6) is 0 Å². The van der Waals surface area contributed by atoms with Gasteiger partial charge in [0.15, 0.2) is 0 Å². The van der Waals surface area contributed by atoms with Crippen LogP contribution < -0.4 is 10.6 Å². The van der Waals surface area contributed by atoms with Crippen molar-refractivity contribution in [1.82, 2.24) is 20.4 Å². The fourth-order valence-electron chi connectivity index (χ4n) is 5.44. The highest BCUT2D eigenvalue weighted by Crippen LogP contribution is 2.37. The average Bonchev–Trinajstić information content (AvgIpc) is 2.84. The molecule has 0 aromatic rings. The van der Waals surface area contributed by atoms with Gasteiger partial charge in [0.05, 0.1) is 0 Å². The Bertz CT molecular complexity index is 591. The van der Waals surface area contributed by atoms with Crippen LogP contribution in [0.2, 0.25) is 0 Å². The second-order valence-corrected chi connectivity index (χ2v) is 10.3. The Kier molecular flexibility index (Phi) is 14.0. The lowest BCUT2D eigenvalue weighted by Crippen LogP contribution is -2.50. The van der Waals surface area contributed by atoms with Gasteiger partial charge in [-0.2, -0.15) is 0 Å². The molecule has 2 fully saturated rings. The number of amides is 2. The Morgan fingerprint density at radius 2 is 1.21 bits per heavy atom. The molecular weight excluding hydrogens is 432 g/mol. The highest BCUT2D eigenvalue weighted by atomic mass is 16.5. The molecule has 8 heteroatoms. The minimum Gasteiger partial charge on any atom is -0.372 e. The summed E-state index contributed by atoms with van der Waals surface area (Å²) in [7, 11) is 3.28. The number of unbranched alkanes of at least 4 members (excludes halogenated alkanes) is 2. The Labute approximate surface area is 207 Å². The fourth-order valence-corrected chi connectivity index (χ4v) is 5.44. The first-order valence-electron chi connectivity index (χ1n) is 13.5. The summed E-state index contributed by atoms with van der Waals surface area (Å²) in [6.45, 7) is 13.6. The first-order chi connectivity index (χ1) is 16.4. The zero-order chi connectivity index (χ0) is 24.8. The van der Waals surface area contributed by atoms with Gasteiger partial charge in [-0.3, -0.25) is 9.59 Å². The lowest BCUT2D eigenvalue weighted by Gasteiger charge is -2.47. The number of rotatable bonds is 15. The van der Waals surface area contributed by atoms with Gasteiger partial charge in [-0.25, -0.2) is 0 Å². The minimum atomic E-state index is -0.0583. The van der Waals surface area contributed by atoms with Crippen molar-refractivity contribution in [3.63, 3.8) is 0 Å². The third-order valence-electron chi connectivity index (χ3n) is 7.80. The molecule has 2 N–H and O–H groups in total. The number of nitrogens with one attached hydrogen (secondary N) is 2. The van der Waals surface area contributed by atoms with Crippen LogP contribution in [0.3, 0.4) is 0 Å². The maximum absolute atomic E-state index is 11.3. The smallest absolute Gasteiger partial charge is 0.245 e. The molecule has 0 bridgehead atoms. The topological polar surface area (TPSA) is 83.1 Å². The number of likely N-dealkylation sites (tertiary alicyclic amines) is 2. The number of carbonyl (C=O) groups is 2. The number of nitrogens with zero attached hydrogens (tertiary/aromatic N) is 2. The molecule has 2 rings (SSSR count). The molecule has 0 aromatic heterocycles. The zero-order valence-corrected chi connectivity index (χ0v) is 22.2. The number of likely N-dealkylation sites (N-methyl/N-ethyl adjacent to an activating group) is 2. The van der Waals surface area contributed by atoms with E-state index >= 15 is 0 Å². The number of carbonyl (C=O) groups excluding carboxylic acids is 2. The Hall–Kier alpha value is -1.22. The molecule has 8 nitrogen and oxygen atoms in total. The van der Waals surface area contributed by atoms with Crippen LogP contribution in [0, 0.1) is 23.7 Å². The molecule has 2 saturated heterocycles. The fraction of sp³-hybridized carbons (Fsp3) is 0.923. The van der Waals surface area contributed by atoms with Crippen molar-refractivity contribution in [2.45, 2.75) is 52.4 Å². The van der Waals surface area contributed by atoms with Gasteiger partial charge in [0.2, 0.25) is 11.8 Å². The first kappa shape index (κ1) is 29.0. The maximum Gasteiger partial charge on any atom is 0.245 e. The lowest BCUT2D eigenvalue weighted by atomic mass is 9.70. The van der Waals surface area contributed by atoms with E-state index in [1.54, 1.807) is 14.1 Å². The predicted molar refractivity (Wildman–Crippen MR) is 136 cm³/mol. The maximum atomic E-state index is 11.3. The van der Waals surface area contributed by atoms with E-state index in [9.17, 15) is 9.59 Å². The second-order valence-electron chi connectivity index (χ2n) is 10.3. The molecule has 0 radical (unpaired) electrons. The number of ether oxygens (including phenoxy) is 2. The highest BCUT2D eigenvalue weighted by molar-refractivity contribution is 5.77. The number of hydrogen-bond acceptors (Lipinski definition) is 6. The molecule has 0 aromatic carbocycles. The van der Waals surface area contributed by atoms with Crippen LogP contribution >= 0.6 is 0 Å². The molecule has 198 valence electrons. The molecule has 0 spiro atoms. The van der Waals surface area contributed by atoms with Crippen molar-refractivity contribution in [2.75, 3.05) is 79.8 Å². The van der Waals surface area contributed by atoms with Crippen molar-refractivity contribution in [3.05, 3.63) is 0 Å². The lowest BCUT2D eigenvalue weighted by molar-refractivity contribution is -0.126. The monoisotopic (exact) mass is 482 g/mol. The van der Waals surface area contributed by atoms with Crippen molar-refractivity contribution in [2.24, 2.45) is 23.7 Å². The van der Waals surface area contributed by atoms with Gasteiger partial charge in [0, 0.05) is 46.9 Å². The molecule has 2 amide bonds. The Morgan fingerprint density at radius 3 is 1.71 bits per heavy atom. The third-order valence-corrected chi connectivity index (χ3v) is 7.80. The molecule has 0 saturated carbocycles. The minimum absolute atomic E-state index is 0.0571. The normalized spacial score (nSPS) is 26.4. The SMILES string of the molecule is CNC(=O)COCCCCCN1CC[C@H](C)C(C2CN(CCCOCC(=O)NC)CC[C@H]2C)C1. The Morgan fingerprint density at radius 1 is 0.735 bits per heavy atom. The summed E-state index contributed by atoms with van der Waals surface area (Å²) in [4.78, 5) is 27.8. The largest absolute Gasteiger partial charge is 0.372 e. The molecule has 4 atom stereocenters. The highest BCUT2D eigenvalue weighted by Gasteiger charge is 2.37. The van der Waals surface area contributed by atoms with Crippen LogP contribution in [-0.2, 0) is 19.1 Å². The van der Waals surface area contributed by atoms with Crippen molar-refractivity contribution in [3.8, 4) is 0 Å². The van der Waals surface area contributed by atoms with E-state index in [0.717, 1.165) is 49.5 Å². The van der Waals surface area contributed by atoms with Gasteiger partial charge in [-0.05, 0) is 81.8 Å². The van der Waals surface area contributed by atoms with Crippen LogP contribution in [0.1, 0.15) is 52.4 Å². The van der Waals surface area contributed by atoms with Crippen molar-refractivity contribution < 1.29 is 19.1 Å². The number of piperidine rings is 2. The van der Waals surface area contributed by atoms with E-state index in [-0.39, 0.29) is 25.0 Å². The summed E-state index contributed by atoms with van der Waals surface area (Å²) in [6.07, 6.45) is 6.94. The molecule has 2 aliphatic heterocycles. The van der Waals surface area contributed by atoms with Gasteiger partial charge in [-0.15, -0.1) is 0 Å². The summed E-state index contributed by atoms with van der Waals surface area (Å²) in [5, 5.41) is 5.17. The van der Waals surface area contributed by atoms with E-state index < -0.39 is 0 Å². The van der Waals surface area contributed by atoms with Crippen LogP contribution in [-0.4, -0.2) is 101 Å². The van der Waals surface area contributed by atoms with Crippen molar-refractivity contribution in [1.29, 1.82) is 0 Å². The van der Waals surface area contributed by atoms with Crippen LogP contribution in [0.15, 0.2) is 0 Å². The van der Waals surface area contributed by atoms with Crippen molar-refractivity contribution >= 4 is 11.8 Å². The van der Waals surface area contributed by atoms with Gasteiger partial charge >= 0.3 is 0 Å². The van der Waals surface area contributed by atoms with Crippen LogP contribution in [0.25, 0.3) is 0 Å². The van der Waals surface area contributed by atoms with E-state index in [1.807, 2.05) is 0 Å². The van der Waals surface area contributed by atoms with E-state index in [1.165, 1.54) is 52.0 Å². The molecule has 2 aliphatic rings. The zero-order valence-electron chi connectivity index (χ0n) is 22.2. The van der Waals surface area contributed by atoms with E-state index in [4.69, 9.17) is 9.47 Å². The molecule has 34 heavy (non-hydrogen) atoms. The molecule has 0 aliphatic carbocycles. The predicted octanol–water partition coefficient (Wildman–Crippen LogP) is 1.99.